The molecule has 0 spiro atoms. The van der Waals surface area contributed by atoms with Gasteiger partial charge in [0.15, 0.2) is 6.61 Å². The van der Waals surface area contributed by atoms with Crippen LogP contribution in [-0.4, -0.2) is 24.4 Å². The molecule has 0 atom stereocenters. The SMILES string of the molecule is Cc1ccc(NC(=O)COC(=O)CCC(=O)Nc2ccc(Cl)cc2Cl)cc1C. The van der Waals surface area contributed by atoms with E-state index in [1.54, 1.807) is 18.2 Å². The summed E-state index contributed by atoms with van der Waals surface area (Å²) in [4.78, 5) is 35.5. The van der Waals surface area contributed by atoms with Crippen molar-refractivity contribution in [3.63, 3.8) is 0 Å². The van der Waals surface area contributed by atoms with Crippen LogP contribution in [0.1, 0.15) is 24.0 Å². The van der Waals surface area contributed by atoms with Crippen LogP contribution < -0.4 is 10.6 Å². The van der Waals surface area contributed by atoms with Gasteiger partial charge in [-0.15, -0.1) is 0 Å². The summed E-state index contributed by atoms with van der Waals surface area (Å²) in [6, 6.07) is 10.2. The van der Waals surface area contributed by atoms with E-state index in [-0.39, 0.29) is 12.8 Å². The van der Waals surface area contributed by atoms with E-state index in [1.165, 1.54) is 6.07 Å². The maximum Gasteiger partial charge on any atom is 0.306 e. The van der Waals surface area contributed by atoms with E-state index in [2.05, 4.69) is 10.6 Å². The third kappa shape index (κ3) is 6.87. The third-order valence-corrected chi connectivity index (χ3v) is 4.46. The monoisotopic (exact) mass is 422 g/mol. The normalized spacial score (nSPS) is 10.3. The van der Waals surface area contributed by atoms with Crippen LogP contribution in [0.4, 0.5) is 11.4 Å². The number of hydrogen-bond acceptors (Lipinski definition) is 4. The Bertz CT molecular complexity index is 900. The Morgan fingerprint density at radius 3 is 2.32 bits per heavy atom. The number of esters is 1. The molecule has 0 saturated carbocycles. The van der Waals surface area contributed by atoms with Gasteiger partial charge < -0.3 is 15.4 Å². The quantitative estimate of drug-likeness (QED) is 0.642. The second-order valence-electron chi connectivity index (χ2n) is 6.18. The highest BCUT2D eigenvalue weighted by Gasteiger charge is 2.12. The minimum atomic E-state index is -0.646. The molecule has 2 amide bonds. The summed E-state index contributed by atoms with van der Waals surface area (Å²) in [6.45, 7) is 3.49. The number of nitrogens with one attached hydrogen (secondary N) is 2. The van der Waals surface area contributed by atoms with Gasteiger partial charge in [0, 0.05) is 17.1 Å². The number of aryl methyl sites for hydroxylation is 2. The molecular weight excluding hydrogens is 403 g/mol. The van der Waals surface area contributed by atoms with Gasteiger partial charge in [-0.05, 0) is 55.3 Å². The summed E-state index contributed by atoms with van der Waals surface area (Å²) in [7, 11) is 0. The fourth-order valence-electron chi connectivity index (χ4n) is 2.25. The predicted molar refractivity (Wildman–Crippen MR) is 110 cm³/mol. The Hall–Kier alpha value is -2.57. The summed E-state index contributed by atoms with van der Waals surface area (Å²) in [5.74, 6) is -1.50. The highest BCUT2D eigenvalue weighted by atomic mass is 35.5. The van der Waals surface area contributed by atoms with Gasteiger partial charge in [0.2, 0.25) is 5.91 Å². The molecule has 0 aromatic heterocycles. The molecule has 6 nitrogen and oxygen atoms in total. The molecule has 0 aliphatic carbocycles. The number of hydrogen-bond donors (Lipinski definition) is 2. The van der Waals surface area contributed by atoms with Crippen molar-refractivity contribution in [1.82, 2.24) is 0 Å². The van der Waals surface area contributed by atoms with Crippen LogP contribution in [0.2, 0.25) is 10.0 Å². The molecule has 0 aliphatic rings. The Morgan fingerprint density at radius 1 is 0.893 bits per heavy atom. The van der Waals surface area contributed by atoms with Gasteiger partial charge in [0.05, 0.1) is 17.1 Å². The molecule has 8 heteroatoms. The van der Waals surface area contributed by atoms with Gasteiger partial charge >= 0.3 is 5.97 Å². The maximum absolute atomic E-state index is 11.9. The molecule has 2 aromatic carbocycles. The molecule has 0 saturated heterocycles. The van der Waals surface area contributed by atoms with E-state index < -0.39 is 24.4 Å². The van der Waals surface area contributed by atoms with E-state index in [0.717, 1.165) is 11.1 Å². The standard InChI is InChI=1S/C20H20Cl2N2O4/c1-12-3-5-15(9-13(12)2)23-19(26)11-28-20(27)8-7-18(25)24-17-6-4-14(21)10-16(17)22/h3-6,9-10H,7-8,11H2,1-2H3,(H,23,26)(H,24,25). The zero-order valence-electron chi connectivity index (χ0n) is 15.5. The summed E-state index contributed by atoms with van der Waals surface area (Å²) < 4.78 is 4.90. The van der Waals surface area contributed by atoms with E-state index in [9.17, 15) is 14.4 Å². The van der Waals surface area contributed by atoms with Gasteiger partial charge in [-0.3, -0.25) is 14.4 Å². The second kappa shape index (κ2) is 10.1. The van der Waals surface area contributed by atoms with Crippen molar-refractivity contribution in [3.8, 4) is 0 Å². The van der Waals surface area contributed by atoms with Gasteiger partial charge in [-0.1, -0.05) is 29.3 Å². The van der Waals surface area contributed by atoms with Crippen molar-refractivity contribution >= 4 is 52.4 Å². The molecule has 0 aliphatic heterocycles. The minimum absolute atomic E-state index is 0.101. The van der Waals surface area contributed by atoms with Gasteiger partial charge in [-0.25, -0.2) is 0 Å². The molecule has 0 heterocycles. The predicted octanol–water partition coefficient (Wildman–Crippen LogP) is 4.51. The fraction of sp³-hybridized carbons (Fsp3) is 0.250. The number of carbonyl (C=O) groups excluding carboxylic acids is 3. The van der Waals surface area contributed by atoms with E-state index in [4.69, 9.17) is 27.9 Å². The number of anilines is 2. The van der Waals surface area contributed by atoms with Crippen molar-refractivity contribution < 1.29 is 19.1 Å². The van der Waals surface area contributed by atoms with Crippen LogP contribution >= 0.6 is 23.2 Å². The topological polar surface area (TPSA) is 84.5 Å². The molecule has 0 radical (unpaired) electrons. The van der Waals surface area contributed by atoms with Crippen molar-refractivity contribution in [2.45, 2.75) is 26.7 Å². The van der Waals surface area contributed by atoms with E-state index in [0.29, 0.717) is 21.4 Å². The average molecular weight is 423 g/mol. The van der Waals surface area contributed by atoms with Crippen molar-refractivity contribution in [2.24, 2.45) is 0 Å². The number of rotatable bonds is 7. The molecule has 0 fully saturated rings. The van der Waals surface area contributed by atoms with Gasteiger partial charge in [-0.2, -0.15) is 0 Å². The highest BCUT2D eigenvalue weighted by molar-refractivity contribution is 6.36. The van der Waals surface area contributed by atoms with Crippen LogP contribution in [-0.2, 0) is 19.1 Å². The largest absolute Gasteiger partial charge is 0.456 e. The number of halogens is 2. The Labute approximate surface area is 173 Å². The third-order valence-electron chi connectivity index (χ3n) is 3.92. The highest BCUT2D eigenvalue weighted by Crippen LogP contribution is 2.25. The van der Waals surface area contributed by atoms with E-state index in [1.807, 2.05) is 26.0 Å². The molecule has 0 bridgehead atoms. The molecule has 2 rings (SSSR count). The number of ether oxygens (including phenoxy) is 1. The maximum atomic E-state index is 11.9. The number of amides is 2. The van der Waals surface area contributed by atoms with Crippen LogP contribution in [0.5, 0.6) is 0 Å². The van der Waals surface area contributed by atoms with Gasteiger partial charge in [0.25, 0.3) is 5.91 Å². The molecule has 2 N–H and O–H groups in total. The Kier molecular flexibility index (Phi) is 7.84. The molecule has 148 valence electrons. The Balaban J connectivity index is 1.72. The molecular formula is C20H20Cl2N2O4. The summed E-state index contributed by atoms with van der Waals surface area (Å²) in [6.07, 6.45) is -0.259. The summed E-state index contributed by atoms with van der Waals surface area (Å²) >= 11 is 11.8. The van der Waals surface area contributed by atoms with Crippen LogP contribution in [0.25, 0.3) is 0 Å². The molecule has 28 heavy (non-hydrogen) atoms. The van der Waals surface area contributed by atoms with Crippen LogP contribution in [0.15, 0.2) is 36.4 Å². The van der Waals surface area contributed by atoms with Gasteiger partial charge in [0.1, 0.15) is 0 Å². The average Bonchev–Trinajstić information content (AvgIpc) is 2.63. The van der Waals surface area contributed by atoms with Crippen molar-refractivity contribution in [2.75, 3.05) is 17.2 Å². The smallest absolute Gasteiger partial charge is 0.306 e. The zero-order valence-corrected chi connectivity index (χ0v) is 17.0. The first-order chi connectivity index (χ1) is 13.2. The first-order valence-electron chi connectivity index (χ1n) is 8.52. The second-order valence-corrected chi connectivity index (χ2v) is 7.02. The lowest BCUT2D eigenvalue weighted by Gasteiger charge is -2.09. The fourth-order valence-corrected chi connectivity index (χ4v) is 2.71. The lowest BCUT2D eigenvalue weighted by atomic mass is 10.1. The van der Waals surface area contributed by atoms with Crippen molar-refractivity contribution in [3.05, 3.63) is 57.6 Å². The minimum Gasteiger partial charge on any atom is -0.456 e. The first kappa shape index (κ1) is 21.7. The van der Waals surface area contributed by atoms with E-state index >= 15 is 0 Å². The van der Waals surface area contributed by atoms with Crippen LogP contribution in [0.3, 0.4) is 0 Å². The zero-order chi connectivity index (χ0) is 20.7. The first-order valence-corrected chi connectivity index (χ1v) is 9.28. The lowest BCUT2D eigenvalue weighted by Crippen LogP contribution is -2.21. The lowest BCUT2D eigenvalue weighted by molar-refractivity contribution is -0.147. The summed E-state index contributed by atoms with van der Waals surface area (Å²) in [5.41, 5.74) is 3.18. The molecule has 0 unspecified atom stereocenters. The van der Waals surface area contributed by atoms with Crippen LogP contribution in [0, 0.1) is 13.8 Å². The molecule has 2 aromatic rings. The summed E-state index contributed by atoms with van der Waals surface area (Å²) in [5, 5.41) is 5.98. The Morgan fingerprint density at radius 2 is 1.64 bits per heavy atom. The number of benzene rings is 2. The van der Waals surface area contributed by atoms with Crippen molar-refractivity contribution in [1.29, 1.82) is 0 Å². The number of carbonyl (C=O) groups is 3.